The Labute approximate surface area is 165 Å². The van der Waals surface area contributed by atoms with Crippen molar-refractivity contribution in [1.82, 2.24) is 9.97 Å². The molecule has 1 aromatic carbocycles. The summed E-state index contributed by atoms with van der Waals surface area (Å²) in [7, 11) is 3.06. The SMILES string of the molecule is CCc1cnc(CSc2cnc(NC(=O)c3cc(OC)ccc3OC)s2)o1. The monoisotopic (exact) mass is 405 g/mol. The molecule has 7 nitrogen and oxygen atoms in total. The number of methoxy groups -OCH3 is 2. The van der Waals surface area contributed by atoms with Gasteiger partial charge < -0.3 is 13.9 Å². The number of ether oxygens (including phenoxy) is 2. The van der Waals surface area contributed by atoms with E-state index in [9.17, 15) is 4.79 Å². The van der Waals surface area contributed by atoms with Crippen LogP contribution in [-0.4, -0.2) is 30.1 Å². The standard InChI is InChI=1S/C18H19N3O4S2/c1-4-11-8-19-15(25-11)10-26-16-9-20-18(27-16)21-17(22)13-7-12(23-2)5-6-14(13)24-3/h5-9H,4,10H2,1-3H3,(H,20,21,22). The summed E-state index contributed by atoms with van der Waals surface area (Å²) in [6.45, 7) is 2.02. The van der Waals surface area contributed by atoms with E-state index in [-0.39, 0.29) is 5.91 Å². The third-order valence-corrected chi connectivity index (χ3v) is 5.74. The van der Waals surface area contributed by atoms with Crippen LogP contribution in [0.25, 0.3) is 0 Å². The number of hydrogen-bond acceptors (Lipinski definition) is 8. The fourth-order valence-electron chi connectivity index (χ4n) is 2.25. The molecule has 0 saturated carbocycles. The first-order valence-electron chi connectivity index (χ1n) is 8.18. The van der Waals surface area contributed by atoms with Crippen molar-refractivity contribution in [3.63, 3.8) is 0 Å². The lowest BCUT2D eigenvalue weighted by atomic mass is 10.2. The van der Waals surface area contributed by atoms with Gasteiger partial charge in [0.05, 0.1) is 42.1 Å². The number of hydrogen-bond donors (Lipinski definition) is 1. The van der Waals surface area contributed by atoms with Crippen LogP contribution in [0.4, 0.5) is 5.13 Å². The van der Waals surface area contributed by atoms with Crippen molar-refractivity contribution in [2.75, 3.05) is 19.5 Å². The van der Waals surface area contributed by atoms with Gasteiger partial charge in [0.2, 0.25) is 5.89 Å². The van der Waals surface area contributed by atoms with Crippen LogP contribution in [-0.2, 0) is 12.2 Å². The second-order valence-corrected chi connectivity index (χ2v) is 7.67. The van der Waals surface area contributed by atoms with Crippen LogP contribution in [0.15, 0.2) is 39.2 Å². The average molecular weight is 406 g/mol. The van der Waals surface area contributed by atoms with E-state index in [1.54, 1.807) is 49.5 Å². The van der Waals surface area contributed by atoms with Crippen LogP contribution in [0.1, 0.15) is 28.9 Å². The molecule has 0 aliphatic carbocycles. The minimum absolute atomic E-state index is 0.308. The molecule has 1 N–H and O–H groups in total. The van der Waals surface area contributed by atoms with Gasteiger partial charge in [-0.2, -0.15) is 0 Å². The first-order chi connectivity index (χ1) is 13.1. The lowest BCUT2D eigenvalue weighted by molar-refractivity contribution is 0.102. The van der Waals surface area contributed by atoms with E-state index < -0.39 is 0 Å². The summed E-state index contributed by atoms with van der Waals surface area (Å²) in [6, 6.07) is 5.06. The molecule has 0 unspecified atom stereocenters. The molecule has 0 saturated heterocycles. The molecule has 0 aliphatic heterocycles. The Bertz CT molecular complexity index is 923. The lowest BCUT2D eigenvalue weighted by Crippen LogP contribution is -2.13. The third-order valence-electron chi connectivity index (χ3n) is 3.64. The Morgan fingerprint density at radius 2 is 2.11 bits per heavy atom. The predicted octanol–water partition coefficient (Wildman–Crippen LogP) is 4.26. The summed E-state index contributed by atoms with van der Waals surface area (Å²) in [5, 5.41) is 3.30. The Balaban J connectivity index is 1.64. The number of anilines is 1. The first kappa shape index (κ1) is 19.2. The third kappa shape index (κ3) is 4.81. The fraction of sp³-hybridized carbons (Fsp3) is 0.278. The number of nitrogens with zero attached hydrogens (tertiary/aromatic N) is 2. The second-order valence-electron chi connectivity index (χ2n) is 5.37. The number of thioether (sulfide) groups is 1. The van der Waals surface area contributed by atoms with Crippen LogP contribution < -0.4 is 14.8 Å². The maximum absolute atomic E-state index is 12.6. The molecule has 1 amide bonds. The predicted molar refractivity (Wildman–Crippen MR) is 105 cm³/mol. The molecule has 2 aromatic heterocycles. The highest BCUT2D eigenvalue weighted by Gasteiger charge is 2.16. The Morgan fingerprint density at radius 3 is 2.81 bits per heavy atom. The summed E-state index contributed by atoms with van der Waals surface area (Å²) in [5.74, 6) is 2.90. The fourth-order valence-corrected chi connectivity index (χ4v) is 3.97. The quantitative estimate of drug-likeness (QED) is 0.561. The van der Waals surface area contributed by atoms with Crippen molar-refractivity contribution in [2.45, 2.75) is 23.3 Å². The highest BCUT2D eigenvalue weighted by Crippen LogP contribution is 2.31. The number of carbonyl (C=O) groups is 1. The summed E-state index contributed by atoms with van der Waals surface area (Å²) in [4.78, 5) is 21.1. The van der Waals surface area contributed by atoms with Gasteiger partial charge in [-0.1, -0.05) is 18.3 Å². The van der Waals surface area contributed by atoms with E-state index in [0.29, 0.717) is 33.8 Å². The molecule has 3 rings (SSSR count). The highest BCUT2D eigenvalue weighted by atomic mass is 32.2. The van der Waals surface area contributed by atoms with Gasteiger partial charge in [0.25, 0.3) is 5.91 Å². The number of carbonyl (C=O) groups excluding carboxylic acids is 1. The topological polar surface area (TPSA) is 86.5 Å². The van der Waals surface area contributed by atoms with Crippen LogP contribution in [0.2, 0.25) is 0 Å². The Morgan fingerprint density at radius 1 is 1.26 bits per heavy atom. The molecule has 0 aliphatic rings. The number of aromatic nitrogens is 2. The molecule has 0 spiro atoms. The van der Waals surface area contributed by atoms with Gasteiger partial charge in [-0.3, -0.25) is 10.1 Å². The molecular weight excluding hydrogens is 386 g/mol. The zero-order valence-electron chi connectivity index (χ0n) is 15.1. The zero-order chi connectivity index (χ0) is 19.2. The average Bonchev–Trinajstić information content (AvgIpc) is 3.34. The van der Waals surface area contributed by atoms with Crippen molar-refractivity contribution in [1.29, 1.82) is 0 Å². The van der Waals surface area contributed by atoms with Gasteiger partial charge in [0, 0.05) is 6.42 Å². The Hall–Kier alpha value is -2.52. The molecule has 0 atom stereocenters. The molecular formula is C18H19N3O4S2. The van der Waals surface area contributed by atoms with E-state index in [1.807, 2.05) is 6.92 Å². The summed E-state index contributed by atoms with van der Waals surface area (Å²) in [6.07, 6.45) is 4.29. The van der Waals surface area contributed by atoms with Gasteiger partial charge in [-0.25, -0.2) is 9.97 Å². The molecule has 27 heavy (non-hydrogen) atoms. The van der Waals surface area contributed by atoms with E-state index in [0.717, 1.165) is 16.4 Å². The number of amides is 1. The van der Waals surface area contributed by atoms with Crippen LogP contribution in [0, 0.1) is 0 Å². The van der Waals surface area contributed by atoms with Gasteiger partial charge in [-0.15, -0.1) is 11.8 Å². The van der Waals surface area contributed by atoms with Crippen molar-refractivity contribution in [3.05, 3.63) is 47.8 Å². The van der Waals surface area contributed by atoms with Gasteiger partial charge in [-0.05, 0) is 18.2 Å². The minimum Gasteiger partial charge on any atom is -0.497 e. The number of nitrogens with one attached hydrogen (secondary N) is 1. The molecule has 0 radical (unpaired) electrons. The first-order valence-corrected chi connectivity index (χ1v) is 9.98. The molecule has 3 aromatic rings. The van der Waals surface area contributed by atoms with Crippen LogP contribution in [0.3, 0.4) is 0 Å². The second kappa shape index (κ2) is 8.92. The van der Waals surface area contributed by atoms with Gasteiger partial charge >= 0.3 is 0 Å². The van der Waals surface area contributed by atoms with E-state index in [1.165, 1.54) is 18.4 Å². The van der Waals surface area contributed by atoms with Crippen molar-refractivity contribution in [2.24, 2.45) is 0 Å². The Kier molecular flexibility index (Phi) is 6.36. The molecule has 9 heteroatoms. The maximum Gasteiger partial charge on any atom is 0.261 e. The largest absolute Gasteiger partial charge is 0.497 e. The number of benzene rings is 1. The summed E-state index contributed by atoms with van der Waals surface area (Å²) in [5.41, 5.74) is 0.383. The van der Waals surface area contributed by atoms with Crippen molar-refractivity contribution in [3.8, 4) is 11.5 Å². The molecule has 2 heterocycles. The maximum atomic E-state index is 12.6. The zero-order valence-corrected chi connectivity index (χ0v) is 16.8. The van der Waals surface area contributed by atoms with Gasteiger partial charge in [0.1, 0.15) is 17.3 Å². The van der Waals surface area contributed by atoms with Crippen molar-refractivity contribution < 1.29 is 18.7 Å². The van der Waals surface area contributed by atoms with E-state index in [2.05, 4.69) is 15.3 Å². The number of oxazole rings is 1. The normalized spacial score (nSPS) is 10.6. The minimum atomic E-state index is -0.308. The van der Waals surface area contributed by atoms with E-state index >= 15 is 0 Å². The summed E-state index contributed by atoms with van der Waals surface area (Å²) < 4.78 is 17.0. The molecule has 0 fully saturated rings. The van der Waals surface area contributed by atoms with Crippen LogP contribution >= 0.6 is 23.1 Å². The van der Waals surface area contributed by atoms with E-state index in [4.69, 9.17) is 13.9 Å². The van der Waals surface area contributed by atoms with Crippen molar-refractivity contribution >= 4 is 34.1 Å². The number of aryl methyl sites for hydroxylation is 1. The van der Waals surface area contributed by atoms with Crippen LogP contribution in [0.5, 0.6) is 11.5 Å². The lowest BCUT2D eigenvalue weighted by Gasteiger charge is -2.09. The van der Waals surface area contributed by atoms with Gasteiger partial charge in [0.15, 0.2) is 5.13 Å². The molecule has 0 bridgehead atoms. The number of rotatable bonds is 8. The number of thiazole rings is 1. The molecule has 142 valence electrons. The summed E-state index contributed by atoms with van der Waals surface area (Å²) >= 11 is 2.95. The highest BCUT2D eigenvalue weighted by molar-refractivity contribution is 8.00. The smallest absolute Gasteiger partial charge is 0.261 e.